The fraction of sp³-hybridized carbons (Fsp3) is 0.455. The largest absolute Gasteiger partial charge is 0.341 e. The van der Waals surface area contributed by atoms with Gasteiger partial charge in [-0.1, -0.05) is 24.3 Å². The molecule has 5 rings (SSSR count). The first-order chi connectivity index (χ1) is 14.2. The van der Waals surface area contributed by atoms with Gasteiger partial charge in [0.25, 0.3) is 5.78 Å². The van der Waals surface area contributed by atoms with Crippen LogP contribution in [0.4, 0.5) is 0 Å². The number of fused-ring (bicyclic) bond motifs is 2. The summed E-state index contributed by atoms with van der Waals surface area (Å²) in [6.07, 6.45) is 9.83. The minimum Gasteiger partial charge on any atom is -0.341 e. The maximum atomic E-state index is 12.9. The number of benzene rings is 1. The normalized spacial score (nSPS) is 20.1. The highest BCUT2D eigenvalue weighted by Gasteiger charge is 2.32. The highest BCUT2D eigenvalue weighted by molar-refractivity contribution is 5.78. The average Bonchev–Trinajstić information content (AvgIpc) is 3.39. The topological polar surface area (TPSA) is 66.6 Å². The van der Waals surface area contributed by atoms with Crippen molar-refractivity contribution in [3.63, 3.8) is 0 Å². The molecular weight excluding hydrogens is 364 g/mol. The Hall–Kier alpha value is -2.80. The summed E-state index contributed by atoms with van der Waals surface area (Å²) >= 11 is 0. The minimum absolute atomic E-state index is 0.132. The molecule has 1 fully saturated rings. The molecule has 1 aromatic carbocycles. The molecule has 1 unspecified atom stereocenters. The Labute approximate surface area is 170 Å². The predicted molar refractivity (Wildman–Crippen MR) is 109 cm³/mol. The molecule has 1 amide bonds. The monoisotopic (exact) mass is 390 g/mol. The summed E-state index contributed by atoms with van der Waals surface area (Å²) in [5.74, 6) is 0.683. The Balaban J connectivity index is 1.22. The van der Waals surface area contributed by atoms with Crippen molar-refractivity contribution in [3.05, 3.63) is 59.7 Å². The van der Waals surface area contributed by atoms with Crippen molar-refractivity contribution in [1.82, 2.24) is 29.4 Å². The summed E-state index contributed by atoms with van der Waals surface area (Å²) in [7, 11) is 1.95. The van der Waals surface area contributed by atoms with Gasteiger partial charge in [-0.15, -0.1) is 0 Å². The summed E-state index contributed by atoms with van der Waals surface area (Å²) in [4.78, 5) is 25.8. The average molecular weight is 390 g/mol. The molecule has 2 aromatic heterocycles. The van der Waals surface area contributed by atoms with Crippen LogP contribution in [0.3, 0.4) is 0 Å². The van der Waals surface area contributed by atoms with Gasteiger partial charge in [-0.05, 0) is 48.9 Å². The maximum Gasteiger partial charge on any atom is 0.252 e. The van der Waals surface area contributed by atoms with E-state index in [4.69, 9.17) is 0 Å². The minimum atomic E-state index is 0.132. The number of hydrogen-bond donors (Lipinski definition) is 0. The van der Waals surface area contributed by atoms with Crippen molar-refractivity contribution in [2.75, 3.05) is 20.1 Å². The van der Waals surface area contributed by atoms with Crippen LogP contribution in [0.1, 0.15) is 29.5 Å². The molecule has 1 atom stereocenters. The lowest BCUT2D eigenvalue weighted by atomic mass is 10.0. The van der Waals surface area contributed by atoms with Gasteiger partial charge in [0.2, 0.25) is 5.91 Å². The molecule has 1 aliphatic carbocycles. The van der Waals surface area contributed by atoms with Crippen LogP contribution in [0, 0.1) is 0 Å². The summed E-state index contributed by atoms with van der Waals surface area (Å²) in [6.45, 7) is 2.09. The van der Waals surface area contributed by atoms with E-state index >= 15 is 0 Å². The number of rotatable bonds is 4. The standard InChI is InChI=1S/C22H26N6O/c1-26(21(29)9-16-12-23-22-24-15-25-28(22)13-16)19-7-4-8-27(14-19)20-10-17-5-2-3-6-18(17)11-20/h2-3,5-6,12-13,15,19-20H,4,7-11,14H2,1H3. The van der Waals surface area contributed by atoms with E-state index in [0.29, 0.717) is 18.2 Å². The molecule has 3 aromatic rings. The molecule has 0 bridgehead atoms. The zero-order chi connectivity index (χ0) is 19.8. The van der Waals surface area contributed by atoms with Gasteiger partial charge in [-0.2, -0.15) is 10.1 Å². The third kappa shape index (κ3) is 3.62. The second-order valence-electron chi connectivity index (χ2n) is 8.27. The highest BCUT2D eigenvalue weighted by Crippen LogP contribution is 2.28. The van der Waals surface area contributed by atoms with E-state index in [2.05, 4.69) is 44.2 Å². The lowest BCUT2D eigenvalue weighted by Gasteiger charge is -2.40. The van der Waals surface area contributed by atoms with E-state index in [9.17, 15) is 4.79 Å². The van der Waals surface area contributed by atoms with Gasteiger partial charge in [0.05, 0.1) is 6.42 Å². The number of carbonyl (C=O) groups excluding carboxylic acids is 1. The number of likely N-dealkylation sites (tertiary alicyclic amines) is 1. The zero-order valence-corrected chi connectivity index (χ0v) is 16.7. The Kier molecular flexibility index (Phi) is 4.75. The van der Waals surface area contributed by atoms with E-state index in [0.717, 1.165) is 44.3 Å². The number of amides is 1. The Morgan fingerprint density at radius 1 is 1.21 bits per heavy atom. The molecule has 0 spiro atoms. The summed E-state index contributed by atoms with van der Waals surface area (Å²) in [5.41, 5.74) is 3.83. The van der Waals surface area contributed by atoms with E-state index in [1.807, 2.05) is 18.1 Å². The van der Waals surface area contributed by atoms with Gasteiger partial charge in [-0.3, -0.25) is 9.69 Å². The van der Waals surface area contributed by atoms with Crippen LogP contribution < -0.4 is 0 Å². The third-order valence-electron chi connectivity index (χ3n) is 6.46. The molecule has 29 heavy (non-hydrogen) atoms. The van der Waals surface area contributed by atoms with Crippen LogP contribution in [-0.2, 0) is 24.1 Å². The van der Waals surface area contributed by atoms with Crippen molar-refractivity contribution < 1.29 is 4.79 Å². The van der Waals surface area contributed by atoms with Gasteiger partial charge in [0.15, 0.2) is 0 Å². The van der Waals surface area contributed by atoms with E-state index in [-0.39, 0.29) is 11.9 Å². The van der Waals surface area contributed by atoms with Crippen molar-refractivity contribution in [2.45, 2.75) is 44.2 Å². The molecule has 0 radical (unpaired) electrons. The van der Waals surface area contributed by atoms with Crippen molar-refractivity contribution in [2.24, 2.45) is 0 Å². The molecule has 0 N–H and O–H groups in total. The van der Waals surface area contributed by atoms with Crippen LogP contribution in [0.25, 0.3) is 5.78 Å². The Bertz CT molecular complexity index is 1010. The summed E-state index contributed by atoms with van der Waals surface area (Å²) in [5, 5.41) is 4.10. The SMILES string of the molecule is CN(C(=O)Cc1cnc2ncnn2c1)C1CCCN(C2Cc3ccccc3C2)C1. The number of aromatic nitrogens is 4. The first kappa shape index (κ1) is 18.2. The predicted octanol–water partition coefficient (Wildman–Crippen LogP) is 1.76. The smallest absolute Gasteiger partial charge is 0.252 e. The van der Waals surface area contributed by atoms with Gasteiger partial charge in [-0.25, -0.2) is 9.50 Å². The fourth-order valence-corrected chi connectivity index (χ4v) is 4.78. The number of likely N-dealkylation sites (N-methyl/N-ethyl adjacent to an activating group) is 1. The molecule has 2 aliphatic rings. The van der Waals surface area contributed by atoms with Crippen LogP contribution in [0.15, 0.2) is 43.0 Å². The van der Waals surface area contributed by atoms with Crippen LogP contribution in [0.2, 0.25) is 0 Å². The summed E-state index contributed by atoms with van der Waals surface area (Å²) < 4.78 is 1.61. The van der Waals surface area contributed by atoms with E-state index in [1.165, 1.54) is 17.5 Å². The summed E-state index contributed by atoms with van der Waals surface area (Å²) in [6, 6.07) is 9.62. The van der Waals surface area contributed by atoms with Gasteiger partial charge in [0, 0.05) is 38.1 Å². The lowest BCUT2D eigenvalue weighted by molar-refractivity contribution is -0.132. The molecule has 1 saturated heterocycles. The van der Waals surface area contributed by atoms with E-state index in [1.54, 1.807) is 10.7 Å². The van der Waals surface area contributed by atoms with Crippen molar-refractivity contribution >= 4 is 11.7 Å². The molecule has 1 aliphatic heterocycles. The molecular formula is C22H26N6O. The van der Waals surface area contributed by atoms with Gasteiger partial charge in [0.1, 0.15) is 6.33 Å². The third-order valence-corrected chi connectivity index (χ3v) is 6.46. The fourth-order valence-electron chi connectivity index (χ4n) is 4.78. The maximum absolute atomic E-state index is 12.9. The Morgan fingerprint density at radius 2 is 2.00 bits per heavy atom. The first-order valence-electron chi connectivity index (χ1n) is 10.4. The lowest BCUT2D eigenvalue weighted by Crippen LogP contribution is -2.52. The van der Waals surface area contributed by atoms with Crippen molar-refractivity contribution in [1.29, 1.82) is 0 Å². The molecule has 150 valence electrons. The van der Waals surface area contributed by atoms with Gasteiger partial charge < -0.3 is 4.90 Å². The molecule has 7 nitrogen and oxygen atoms in total. The van der Waals surface area contributed by atoms with Crippen LogP contribution in [-0.4, -0.2) is 67.5 Å². The second-order valence-corrected chi connectivity index (χ2v) is 8.27. The van der Waals surface area contributed by atoms with Gasteiger partial charge >= 0.3 is 0 Å². The molecule has 7 heteroatoms. The second kappa shape index (κ2) is 7.55. The number of hydrogen-bond acceptors (Lipinski definition) is 5. The van der Waals surface area contributed by atoms with E-state index < -0.39 is 0 Å². The Morgan fingerprint density at radius 3 is 2.79 bits per heavy atom. The first-order valence-corrected chi connectivity index (χ1v) is 10.4. The van der Waals surface area contributed by atoms with Crippen LogP contribution in [0.5, 0.6) is 0 Å². The highest BCUT2D eigenvalue weighted by atomic mass is 16.2. The number of carbonyl (C=O) groups is 1. The number of nitrogens with zero attached hydrogens (tertiary/aromatic N) is 6. The molecule has 0 saturated carbocycles. The van der Waals surface area contributed by atoms with Crippen LogP contribution >= 0.6 is 0 Å². The zero-order valence-electron chi connectivity index (χ0n) is 16.7. The number of piperidine rings is 1. The molecule has 3 heterocycles. The van der Waals surface area contributed by atoms with Crippen molar-refractivity contribution in [3.8, 4) is 0 Å². The quantitative estimate of drug-likeness (QED) is 0.679.